The first-order chi connectivity index (χ1) is 5.66. The fourth-order valence-electron chi connectivity index (χ4n) is 2.07. The Morgan fingerprint density at radius 3 is 2.92 bits per heavy atom. The van der Waals surface area contributed by atoms with Gasteiger partial charge in [0, 0.05) is 18.5 Å². The molecule has 1 aliphatic heterocycles. The monoisotopic (exact) mass is 171 g/mol. The van der Waals surface area contributed by atoms with Crippen LogP contribution in [0.5, 0.6) is 0 Å². The summed E-state index contributed by atoms with van der Waals surface area (Å²) in [6, 6.07) is 0. The molecule has 1 saturated heterocycles. The van der Waals surface area contributed by atoms with Gasteiger partial charge in [-0.05, 0) is 13.5 Å². The number of hydrogen-bond donors (Lipinski definition) is 0. The molecule has 1 fully saturated rings. The molecule has 1 aliphatic rings. The minimum atomic E-state index is 0.389. The van der Waals surface area contributed by atoms with Crippen molar-refractivity contribution < 1.29 is 4.74 Å². The van der Waals surface area contributed by atoms with Crippen LogP contribution in [0.15, 0.2) is 0 Å². The van der Waals surface area contributed by atoms with E-state index in [1.165, 1.54) is 19.4 Å². The average Bonchev–Trinajstić information content (AvgIpc) is 2.12. The first-order valence-corrected chi connectivity index (χ1v) is 4.92. The molecule has 0 saturated carbocycles. The van der Waals surface area contributed by atoms with Crippen molar-refractivity contribution in [3.63, 3.8) is 0 Å². The van der Waals surface area contributed by atoms with Crippen LogP contribution in [-0.2, 0) is 4.74 Å². The van der Waals surface area contributed by atoms with E-state index in [4.69, 9.17) is 4.74 Å². The van der Waals surface area contributed by atoms with Crippen LogP contribution in [0.4, 0.5) is 0 Å². The van der Waals surface area contributed by atoms with Crippen molar-refractivity contribution in [2.75, 3.05) is 33.4 Å². The second kappa shape index (κ2) is 4.24. The van der Waals surface area contributed by atoms with E-state index in [9.17, 15) is 0 Å². The van der Waals surface area contributed by atoms with Gasteiger partial charge in [-0.2, -0.15) is 0 Å². The summed E-state index contributed by atoms with van der Waals surface area (Å²) in [6.07, 6.45) is 2.53. The fourth-order valence-corrected chi connectivity index (χ4v) is 2.07. The van der Waals surface area contributed by atoms with Crippen molar-refractivity contribution in [3.05, 3.63) is 0 Å². The van der Waals surface area contributed by atoms with Crippen LogP contribution in [-0.4, -0.2) is 38.3 Å². The van der Waals surface area contributed by atoms with E-state index in [1.54, 1.807) is 0 Å². The first kappa shape index (κ1) is 10.0. The van der Waals surface area contributed by atoms with Crippen LogP contribution < -0.4 is 0 Å². The van der Waals surface area contributed by atoms with Gasteiger partial charge in [-0.15, -0.1) is 0 Å². The Bertz CT molecular complexity index is 138. The zero-order chi connectivity index (χ0) is 9.03. The highest BCUT2D eigenvalue weighted by molar-refractivity contribution is 4.78. The molecule has 1 unspecified atom stereocenters. The van der Waals surface area contributed by atoms with Crippen molar-refractivity contribution in [3.8, 4) is 0 Å². The summed E-state index contributed by atoms with van der Waals surface area (Å²) in [5, 5.41) is 0. The molecule has 0 aromatic rings. The minimum absolute atomic E-state index is 0.389. The van der Waals surface area contributed by atoms with Crippen LogP contribution in [0.3, 0.4) is 0 Å². The number of likely N-dealkylation sites (N-methyl/N-ethyl adjacent to an activating group) is 1. The van der Waals surface area contributed by atoms with Crippen LogP contribution in [0.25, 0.3) is 0 Å². The number of ether oxygens (including phenoxy) is 1. The lowest BCUT2D eigenvalue weighted by molar-refractivity contribution is 0.0728. The average molecular weight is 171 g/mol. The third kappa shape index (κ3) is 2.76. The predicted octanol–water partition coefficient (Wildman–Crippen LogP) is 1.75. The normalized spacial score (nSPS) is 33.2. The van der Waals surface area contributed by atoms with Gasteiger partial charge in [-0.25, -0.2) is 0 Å². The lowest BCUT2D eigenvalue weighted by atomic mass is 9.86. The van der Waals surface area contributed by atoms with Crippen molar-refractivity contribution in [1.82, 2.24) is 4.90 Å². The van der Waals surface area contributed by atoms with Crippen LogP contribution in [0, 0.1) is 5.41 Å². The molecule has 1 heterocycles. The third-order valence-corrected chi connectivity index (χ3v) is 2.57. The highest BCUT2D eigenvalue weighted by atomic mass is 16.5. The van der Waals surface area contributed by atoms with Crippen molar-refractivity contribution in [2.24, 2.45) is 5.41 Å². The summed E-state index contributed by atoms with van der Waals surface area (Å²) in [4.78, 5) is 2.38. The van der Waals surface area contributed by atoms with Crippen molar-refractivity contribution >= 4 is 0 Å². The second-order valence-electron chi connectivity index (χ2n) is 4.35. The lowest BCUT2D eigenvalue weighted by Gasteiger charge is -2.29. The Labute approximate surface area is 75.9 Å². The highest BCUT2D eigenvalue weighted by Gasteiger charge is 2.27. The van der Waals surface area contributed by atoms with Gasteiger partial charge < -0.3 is 9.64 Å². The summed E-state index contributed by atoms with van der Waals surface area (Å²) in [6.45, 7) is 8.68. The van der Waals surface area contributed by atoms with Crippen molar-refractivity contribution in [2.45, 2.75) is 26.7 Å². The SMILES string of the molecule is CCCC1(C)COCCN(C)C1. The molecule has 2 heteroatoms. The van der Waals surface area contributed by atoms with E-state index < -0.39 is 0 Å². The van der Waals surface area contributed by atoms with E-state index in [1.807, 2.05) is 0 Å². The summed E-state index contributed by atoms with van der Waals surface area (Å²) < 4.78 is 5.59. The summed E-state index contributed by atoms with van der Waals surface area (Å²) in [7, 11) is 2.18. The Hall–Kier alpha value is -0.0800. The molecule has 0 radical (unpaired) electrons. The van der Waals surface area contributed by atoms with Crippen LogP contribution >= 0.6 is 0 Å². The van der Waals surface area contributed by atoms with E-state index >= 15 is 0 Å². The molecule has 12 heavy (non-hydrogen) atoms. The Kier molecular flexibility index (Phi) is 3.53. The minimum Gasteiger partial charge on any atom is -0.380 e. The fraction of sp³-hybridized carbons (Fsp3) is 1.00. The van der Waals surface area contributed by atoms with Gasteiger partial charge in [0.1, 0.15) is 0 Å². The van der Waals surface area contributed by atoms with Gasteiger partial charge in [0.15, 0.2) is 0 Å². The topological polar surface area (TPSA) is 12.5 Å². The van der Waals surface area contributed by atoms with Crippen molar-refractivity contribution in [1.29, 1.82) is 0 Å². The molecule has 0 aliphatic carbocycles. The van der Waals surface area contributed by atoms with E-state index in [2.05, 4.69) is 25.8 Å². The molecule has 1 rings (SSSR count). The summed E-state index contributed by atoms with van der Waals surface area (Å²) >= 11 is 0. The van der Waals surface area contributed by atoms with E-state index in [0.29, 0.717) is 5.41 Å². The molecular weight excluding hydrogens is 150 g/mol. The van der Waals surface area contributed by atoms with Gasteiger partial charge >= 0.3 is 0 Å². The van der Waals surface area contributed by atoms with Gasteiger partial charge in [-0.3, -0.25) is 0 Å². The molecule has 72 valence electrons. The lowest BCUT2D eigenvalue weighted by Crippen LogP contribution is -2.33. The maximum absolute atomic E-state index is 5.59. The predicted molar refractivity (Wildman–Crippen MR) is 51.3 cm³/mol. The molecule has 0 amide bonds. The molecule has 0 aromatic heterocycles. The van der Waals surface area contributed by atoms with Gasteiger partial charge in [-0.1, -0.05) is 20.3 Å². The summed E-state index contributed by atoms with van der Waals surface area (Å²) in [5.74, 6) is 0. The zero-order valence-corrected chi connectivity index (χ0v) is 8.60. The largest absolute Gasteiger partial charge is 0.380 e. The zero-order valence-electron chi connectivity index (χ0n) is 8.60. The Morgan fingerprint density at radius 2 is 2.25 bits per heavy atom. The summed E-state index contributed by atoms with van der Waals surface area (Å²) in [5.41, 5.74) is 0.389. The quantitative estimate of drug-likeness (QED) is 0.627. The third-order valence-electron chi connectivity index (χ3n) is 2.57. The molecular formula is C10H21NO. The maximum atomic E-state index is 5.59. The Morgan fingerprint density at radius 1 is 1.50 bits per heavy atom. The van der Waals surface area contributed by atoms with Gasteiger partial charge in [0.25, 0.3) is 0 Å². The number of rotatable bonds is 2. The molecule has 2 nitrogen and oxygen atoms in total. The molecule has 0 spiro atoms. The molecule has 0 aromatic carbocycles. The molecule has 1 atom stereocenters. The Balaban J connectivity index is 2.49. The molecule has 0 N–H and O–H groups in total. The van der Waals surface area contributed by atoms with Crippen LogP contribution in [0.2, 0.25) is 0 Å². The highest BCUT2D eigenvalue weighted by Crippen LogP contribution is 2.26. The number of hydrogen-bond acceptors (Lipinski definition) is 2. The number of nitrogens with zero attached hydrogens (tertiary/aromatic N) is 1. The smallest absolute Gasteiger partial charge is 0.0593 e. The van der Waals surface area contributed by atoms with E-state index in [0.717, 1.165) is 19.8 Å². The van der Waals surface area contributed by atoms with E-state index in [-0.39, 0.29) is 0 Å². The second-order valence-corrected chi connectivity index (χ2v) is 4.35. The first-order valence-electron chi connectivity index (χ1n) is 4.92. The van der Waals surface area contributed by atoms with Gasteiger partial charge in [0.2, 0.25) is 0 Å². The van der Waals surface area contributed by atoms with Gasteiger partial charge in [0.05, 0.1) is 13.2 Å². The molecule has 0 bridgehead atoms. The standard InChI is InChI=1S/C10H21NO/c1-4-5-10(2)8-11(3)6-7-12-9-10/h4-9H2,1-3H3. The maximum Gasteiger partial charge on any atom is 0.0593 e. The van der Waals surface area contributed by atoms with Crippen LogP contribution in [0.1, 0.15) is 26.7 Å².